The van der Waals surface area contributed by atoms with E-state index in [0.717, 1.165) is 6.29 Å². The lowest BCUT2D eigenvalue weighted by atomic mass is 10.6. The Kier molecular flexibility index (Phi) is 1.62. The Bertz CT molecular complexity index is 196. The second-order valence-electron chi connectivity index (χ2n) is 1.26. The normalized spacial score (nSPS) is 9.12. The third-order valence-electron chi connectivity index (χ3n) is 0.693. The Balaban J connectivity index is 3.00. The van der Waals surface area contributed by atoms with E-state index in [-0.39, 0.29) is 0 Å². The zero-order valence-electron chi connectivity index (χ0n) is 3.91. The van der Waals surface area contributed by atoms with Crippen molar-refractivity contribution in [2.75, 3.05) is 0 Å². The molecule has 0 aromatic carbocycles. The topological polar surface area (TPSA) is 34.9 Å². The van der Waals surface area contributed by atoms with Gasteiger partial charge >= 0.3 is 0 Å². The van der Waals surface area contributed by atoms with Crippen LogP contribution in [0.1, 0.15) is 10.5 Å². The smallest absolute Gasteiger partial charge is 0.170 e. The summed E-state index contributed by atoms with van der Waals surface area (Å²) >= 11 is 2.02. The molecule has 0 unspecified atom stereocenters. The molecule has 0 atom stereocenters. The van der Waals surface area contributed by atoms with Gasteiger partial charge in [0.1, 0.15) is 12.0 Å². The number of carbonyl (C=O) groups excluding carboxylic acids is 1. The lowest BCUT2D eigenvalue weighted by Crippen LogP contribution is -1.73. The fraction of sp³-hybridized carbons (Fsp3) is 0. The Morgan fingerprint density at radius 2 is 2.62 bits per heavy atom. The van der Waals surface area contributed by atoms with Gasteiger partial charge in [0.15, 0.2) is 6.29 Å². The first kappa shape index (κ1) is 5.74. The second kappa shape index (κ2) is 2.25. The Morgan fingerprint density at radius 3 is 2.88 bits per heavy atom. The first-order chi connectivity index (χ1) is 3.83. The van der Waals surface area contributed by atoms with E-state index in [2.05, 4.69) is 4.98 Å². The molecule has 0 aliphatic carbocycles. The van der Waals surface area contributed by atoms with Gasteiger partial charge in [-0.25, -0.2) is 4.98 Å². The summed E-state index contributed by atoms with van der Waals surface area (Å²) in [6, 6.07) is 0. The summed E-state index contributed by atoms with van der Waals surface area (Å²) in [4.78, 5) is 13.7. The zero-order valence-corrected chi connectivity index (χ0v) is 6.07. The molecule has 1 heterocycles. The van der Waals surface area contributed by atoms with Crippen molar-refractivity contribution in [1.82, 2.24) is 7.76 Å². The number of hydrogen-bond donors (Lipinski definition) is 0. The average Bonchev–Trinajstić information content (AvgIpc) is 2.14. The highest BCUT2D eigenvalue weighted by molar-refractivity contribution is 14.1. The molecule has 1 aromatic rings. The van der Waals surface area contributed by atoms with E-state index in [1.54, 1.807) is 15.3 Å². The summed E-state index contributed by atoms with van der Waals surface area (Å²) in [7, 11) is 0. The van der Waals surface area contributed by atoms with Crippen LogP contribution in [0.3, 0.4) is 0 Å². The summed E-state index contributed by atoms with van der Waals surface area (Å²) in [5.41, 5.74) is 0.472. The third kappa shape index (κ3) is 1.06. The van der Waals surface area contributed by atoms with Crippen molar-refractivity contribution >= 4 is 29.2 Å². The molecule has 0 radical (unpaired) electrons. The minimum absolute atomic E-state index is 0.472. The van der Waals surface area contributed by atoms with Crippen molar-refractivity contribution in [2.24, 2.45) is 0 Å². The van der Waals surface area contributed by atoms with Crippen molar-refractivity contribution in [3.8, 4) is 0 Å². The van der Waals surface area contributed by atoms with E-state index in [0.29, 0.717) is 5.69 Å². The maximum atomic E-state index is 9.94. The highest BCUT2D eigenvalue weighted by Gasteiger charge is 1.89. The van der Waals surface area contributed by atoms with Gasteiger partial charge in [0.25, 0.3) is 0 Å². The molecular formula is C4H3IN2O. The summed E-state index contributed by atoms with van der Waals surface area (Å²) in [5, 5.41) is 0. The second-order valence-corrected chi connectivity index (χ2v) is 2.37. The molecule has 0 spiro atoms. The number of aromatic nitrogens is 2. The van der Waals surface area contributed by atoms with Gasteiger partial charge in [-0.15, -0.1) is 0 Å². The van der Waals surface area contributed by atoms with E-state index in [1.165, 1.54) is 0 Å². The van der Waals surface area contributed by atoms with Crippen LogP contribution < -0.4 is 0 Å². The predicted molar refractivity (Wildman–Crippen MR) is 37.0 cm³/mol. The minimum atomic E-state index is 0.472. The molecule has 0 fully saturated rings. The molecule has 4 heteroatoms. The fourth-order valence-corrected chi connectivity index (χ4v) is 0.786. The van der Waals surface area contributed by atoms with Gasteiger partial charge in [-0.3, -0.25) is 7.58 Å². The number of aldehydes is 1. The number of carbonyl (C=O) groups is 1. The molecule has 3 nitrogen and oxygen atoms in total. The first-order valence-corrected chi connectivity index (χ1v) is 2.95. The van der Waals surface area contributed by atoms with Crippen molar-refractivity contribution in [3.05, 3.63) is 18.2 Å². The standard InChI is InChI=1S/C4H3IN2O/c5-7-1-4(2-8)6-3-7/h1-3H. The van der Waals surface area contributed by atoms with Crippen molar-refractivity contribution in [1.29, 1.82) is 0 Å². The molecule has 0 saturated carbocycles. The summed E-state index contributed by atoms with van der Waals surface area (Å²) in [6.07, 6.45) is 3.94. The highest BCUT2D eigenvalue weighted by atomic mass is 127. The summed E-state index contributed by atoms with van der Waals surface area (Å²) in [5.74, 6) is 0. The SMILES string of the molecule is O=Cc1cn(I)cn1. The summed E-state index contributed by atoms with van der Waals surface area (Å²) in [6.45, 7) is 0. The minimum Gasteiger partial charge on any atom is -0.296 e. The lowest BCUT2D eigenvalue weighted by molar-refractivity contribution is 0.111. The number of rotatable bonds is 1. The third-order valence-corrected chi connectivity index (χ3v) is 1.22. The first-order valence-electron chi connectivity index (χ1n) is 1.98. The molecule has 0 amide bonds. The Labute approximate surface area is 60.2 Å². The molecule has 0 N–H and O–H groups in total. The van der Waals surface area contributed by atoms with Crippen LogP contribution in [0.25, 0.3) is 0 Å². The van der Waals surface area contributed by atoms with Crippen LogP contribution in [0, 0.1) is 0 Å². The molecular weight excluding hydrogens is 219 g/mol. The van der Waals surface area contributed by atoms with Gasteiger partial charge in [-0.2, -0.15) is 0 Å². The predicted octanol–water partition coefficient (Wildman–Crippen LogP) is 0.894. The van der Waals surface area contributed by atoms with E-state index in [4.69, 9.17) is 0 Å². The number of imidazole rings is 1. The van der Waals surface area contributed by atoms with Crippen molar-refractivity contribution in [2.45, 2.75) is 0 Å². The Morgan fingerprint density at radius 1 is 1.88 bits per heavy atom. The van der Waals surface area contributed by atoms with Crippen LogP contribution in [0.5, 0.6) is 0 Å². The molecule has 0 aliphatic heterocycles. The van der Waals surface area contributed by atoms with E-state index >= 15 is 0 Å². The molecule has 1 rings (SSSR count). The monoisotopic (exact) mass is 222 g/mol. The van der Waals surface area contributed by atoms with Crippen LogP contribution in [0.15, 0.2) is 12.5 Å². The zero-order chi connectivity index (χ0) is 5.98. The molecule has 42 valence electrons. The van der Waals surface area contributed by atoms with Gasteiger partial charge in [-0.1, -0.05) is 0 Å². The molecule has 0 aliphatic rings. The van der Waals surface area contributed by atoms with E-state index in [9.17, 15) is 4.79 Å². The van der Waals surface area contributed by atoms with Crippen LogP contribution in [-0.2, 0) is 0 Å². The highest BCUT2D eigenvalue weighted by Crippen LogP contribution is 1.95. The van der Waals surface area contributed by atoms with Crippen LogP contribution >= 0.6 is 22.9 Å². The van der Waals surface area contributed by atoms with Gasteiger partial charge < -0.3 is 0 Å². The van der Waals surface area contributed by atoms with Crippen LogP contribution in [0.2, 0.25) is 0 Å². The molecule has 1 aromatic heterocycles. The van der Waals surface area contributed by atoms with Gasteiger partial charge in [0.2, 0.25) is 0 Å². The number of halogens is 1. The maximum absolute atomic E-state index is 9.94. The molecule has 8 heavy (non-hydrogen) atoms. The van der Waals surface area contributed by atoms with Crippen LogP contribution in [0.4, 0.5) is 0 Å². The fourth-order valence-electron chi connectivity index (χ4n) is 0.376. The van der Waals surface area contributed by atoms with E-state index < -0.39 is 0 Å². The molecule has 0 saturated heterocycles. The Hall–Kier alpha value is -0.390. The lowest BCUT2D eigenvalue weighted by Gasteiger charge is -1.74. The average molecular weight is 222 g/mol. The molecule has 0 bridgehead atoms. The van der Waals surface area contributed by atoms with Crippen molar-refractivity contribution in [3.63, 3.8) is 0 Å². The van der Waals surface area contributed by atoms with Crippen LogP contribution in [-0.4, -0.2) is 14.1 Å². The van der Waals surface area contributed by atoms with Gasteiger partial charge in [-0.05, 0) is 0 Å². The quantitative estimate of drug-likeness (QED) is 0.522. The van der Waals surface area contributed by atoms with Gasteiger partial charge in [0, 0.05) is 6.20 Å². The largest absolute Gasteiger partial charge is 0.296 e. The van der Waals surface area contributed by atoms with Crippen molar-refractivity contribution < 1.29 is 4.79 Å². The number of hydrogen-bond acceptors (Lipinski definition) is 2. The number of nitrogens with zero attached hydrogens (tertiary/aromatic N) is 2. The summed E-state index contributed by atoms with van der Waals surface area (Å²) < 4.78 is 1.70. The van der Waals surface area contributed by atoms with E-state index in [1.807, 2.05) is 22.9 Å². The van der Waals surface area contributed by atoms with Gasteiger partial charge in [0.05, 0.1) is 22.9 Å². The maximum Gasteiger partial charge on any atom is 0.170 e.